The van der Waals surface area contributed by atoms with Crippen molar-refractivity contribution in [2.24, 2.45) is 10.2 Å². The zero-order chi connectivity index (χ0) is 20.2. The lowest BCUT2D eigenvalue weighted by molar-refractivity contribution is -0.113. The SMILES string of the molecule is O=C1N=NC(c2c[nH]c3ccccc23)=C1n1cc(-c2c[nH]c3ccccc23)c(=O)[nH]1. The summed E-state index contributed by atoms with van der Waals surface area (Å²) >= 11 is 0. The Hall–Kier alpha value is -4.46. The lowest BCUT2D eigenvalue weighted by Crippen LogP contribution is -2.10. The molecule has 144 valence electrons. The average molecular weight is 394 g/mol. The molecule has 5 aromatic rings. The van der Waals surface area contributed by atoms with Crippen molar-refractivity contribution in [1.82, 2.24) is 19.7 Å². The first-order valence-corrected chi connectivity index (χ1v) is 9.36. The van der Waals surface area contributed by atoms with Crippen LogP contribution in [0, 0.1) is 0 Å². The van der Waals surface area contributed by atoms with E-state index < -0.39 is 5.91 Å². The summed E-state index contributed by atoms with van der Waals surface area (Å²) in [7, 11) is 0. The first-order valence-electron chi connectivity index (χ1n) is 9.36. The fourth-order valence-corrected chi connectivity index (χ4v) is 3.95. The number of amides is 1. The minimum absolute atomic E-state index is 0.211. The number of nitrogens with zero attached hydrogens (tertiary/aromatic N) is 3. The van der Waals surface area contributed by atoms with E-state index in [9.17, 15) is 9.59 Å². The van der Waals surface area contributed by atoms with Crippen LogP contribution in [0.5, 0.6) is 0 Å². The van der Waals surface area contributed by atoms with Gasteiger partial charge in [0.1, 0.15) is 5.70 Å². The number of para-hydroxylation sites is 2. The van der Waals surface area contributed by atoms with Gasteiger partial charge in [0.2, 0.25) is 0 Å². The van der Waals surface area contributed by atoms with Crippen LogP contribution in [0.15, 0.2) is 82.1 Å². The second-order valence-corrected chi connectivity index (χ2v) is 7.05. The predicted octanol–water partition coefficient (Wildman–Crippen LogP) is 4.12. The molecule has 1 amide bonds. The molecule has 0 fully saturated rings. The zero-order valence-electron chi connectivity index (χ0n) is 15.5. The van der Waals surface area contributed by atoms with E-state index in [0.29, 0.717) is 11.3 Å². The summed E-state index contributed by atoms with van der Waals surface area (Å²) in [4.78, 5) is 31.7. The highest BCUT2D eigenvalue weighted by molar-refractivity contribution is 6.25. The lowest BCUT2D eigenvalue weighted by Gasteiger charge is -2.03. The summed E-state index contributed by atoms with van der Waals surface area (Å²) in [5.41, 5.74) is 4.15. The van der Waals surface area contributed by atoms with Crippen LogP contribution in [0.4, 0.5) is 0 Å². The van der Waals surface area contributed by atoms with Gasteiger partial charge in [-0.3, -0.25) is 19.4 Å². The Bertz CT molecular complexity index is 1590. The molecule has 0 aliphatic carbocycles. The van der Waals surface area contributed by atoms with Gasteiger partial charge in [0.05, 0.1) is 5.56 Å². The third-order valence-electron chi connectivity index (χ3n) is 5.36. The molecule has 0 spiro atoms. The standard InChI is InChI=1S/C22H14N6O2/c29-21-16(14-9-23-17-7-3-1-5-12(14)17)11-28(27-21)20-19(25-26-22(20)30)15-10-24-18-8-4-2-6-13(15)18/h1-11,23-24H,(H,27,29). The number of carbonyl (C=O) groups excluding carboxylic acids is 1. The maximum Gasteiger partial charge on any atom is 0.316 e. The Labute approximate surface area is 168 Å². The number of hydrogen-bond acceptors (Lipinski definition) is 3. The van der Waals surface area contributed by atoms with Gasteiger partial charge in [-0.2, -0.15) is 0 Å². The van der Waals surface area contributed by atoms with E-state index in [4.69, 9.17) is 0 Å². The summed E-state index contributed by atoms with van der Waals surface area (Å²) in [6, 6.07) is 15.5. The van der Waals surface area contributed by atoms with Crippen LogP contribution in [0.25, 0.3) is 44.3 Å². The van der Waals surface area contributed by atoms with Crippen molar-refractivity contribution in [3.63, 3.8) is 0 Å². The monoisotopic (exact) mass is 394 g/mol. The molecule has 6 rings (SSSR count). The van der Waals surface area contributed by atoms with Gasteiger partial charge in [-0.05, 0) is 12.1 Å². The van der Waals surface area contributed by atoms with E-state index in [2.05, 4.69) is 25.3 Å². The molecule has 0 saturated carbocycles. The summed E-state index contributed by atoms with van der Waals surface area (Å²) in [5.74, 6) is -0.507. The van der Waals surface area contributed by atoms with Crippen LogP contribution >= 0.6 is 0 Å². The van der Waals surface area contributed by atoms with E-state index in [0.717, 1.165) is 32.9 Å². The van der Waals surface area contributed by atoms with Crippen molar-refractivity contribution in [2.75, 3.05) is 0 Å². The molecular formula is C22H14N6O2. The molecule has 8 nitrogen and oxygen atoms in total. The van der Waals surface area contributed by atoms with Gasteiger partial charge >= 0.3 is 5.91 Å². The van der Waals surface area contributed by atoms with Crippen molar-refractivity contribution < 1.29 is 4.79 Å². The van der Waals surface area contributed by atoms with Crippen LogP contribution in [-0.4, -0.2) is 25.7 Å². The number of aromatic amines is 3. The van der Waals surface area contributed by atoms with Crippen LogP contribution in [0.2, 0.25) is 0 Å². The molecule has 0 radical (unpaired) electrons. The van der Waals surface area contributed by atoms with E-state index in [1.807, 2.05) is 48.5 Å². The van der Waals surface area contributed by atoms with Gasteiger partial charge in [-0.15, -0.1) is 10.2 Å². The number of hydrogen-bond donors (Lipinski definition) is 3. The Kier molecular flexibility index (Phi) is 3.31. The van der Waals surface area contributed by atoms with E-state index in [1.54, 1.807) is 18.6 Å². The smallest absolute Gasteiger partial charge is 0.316 e. The molecule has 0 atom stereocenters. The first kappa shape index (κ1) is 16.5. The summed E-state index contributed by atoms with van der Waals surface area (Å²) in [6.07, 6.45) is 5.20. The number of benzene rings is 2. The van der Waals surface area contributed by atoms with Crippen LogP contribution in [-0.2, 0) is 4.79 Å². The van der Waals surface area contributed by atoms with E-state index >= 15 is 0 Å². The molecule has 0 bridgehead atoms. The predicted molar refractivity (Wildman–Crippen MR) is 114 cm³/mol. The number of aromatic nitrogens is 4. The number of rotatable bonds is 3. The molecule has 0 saturated heterocycles. The van der Waals surface area contributed by atoms with Gasteiger partial charge in [-0.25, -0.2) is 0 Å². The molecule has 8 heteroatoms. The second-order valence-electron chi connectivity index (χ2n) is 7.05. The molecule has 4 heterocycles. The summed E-state index contributed by atoms with van der Waals surface area (Å²) < 4.78 is 1.42. The van der Waals surface area contributed by atoms with Crippen LogP contribution in [0.1, 0.15) is 5.56 Å². The number of fused-ring (bicyclic) bond motifs is 2. The molecule has 3 aromatic heterocycles. The van der Waals surface area contributed by atoms with Gasteiger partial charge in [-0.1, -0.05) is 36.4 Å². The third kappa shape index (κ3) is 2.27. The third-order valence-corrected chi connectivity index (χ3v) is 5.36. The zero-order valence-corrected chi connectivity index (χ0v) is 15.5. The van der Waals surface area contributed by atoms with Crippen molar-refractivity contribution >= 4 is 39.1 Å². The van der Waals surface area contributed by atoms with Crippen molar-refractivity contribution in [3.05, 3.63) is 83.0 Å². The fourth-order valence-electron chi connectivity index (χ4n) is 3.95. The summed E-state index contributed by atoms with van der Waals surface area (Å²) in [5, 5.41) is 12.4. The molecule has 30 heavy (non-hydrogen) atoms. The maximum atomic E-state index is 12.8. The quantitative estimate of drug-likeness (QED) is 0.427. The highest BCUT2D eigenvalue weighted by Gasteiger charge is 2.27. The number of H-pyrrole nitrogens is 3. The fraction of sp³-hybridized carbons (Fsp3) is 0. The largest absolute Gasteiger partial charge is 0.361 e. The summed E-state index contributed by atoms with van der Waals surface area (Å²) in [6.45, 7) is 0. The van der Waals surface area contributed by atoms with Gasteiger partial charge < -0.3 is 9.97 Å². The van der Waals surface area contributed by atoms with Gasteiger partial charge in [0, 0.05) is 51.5 Å². The Morgan fingerprint density at radius 3 is 2.10 bits per heavy atom. The normalized spacial score (nSPS) is 13.9. The molecule has 0 unspecified atom stereocenters. The average Bonchev–Trinajstić information content (AvgIpc) is 3.52. The molecule has 1 aliphatic rings. The Morgan fingerprint density at radius 1 is 0.733 bits per heavy atom. The minimum atomic E-state index is -0.507. The topological polar surface area (TPSA) is 111 Å². The first-order chi connectivity index (χ1) is 14.7. The van der Waals surface area contributed by atoms with E-state index in [-0.39, 0.29) is 11.3 Å². The number of carbonyl (C=O) groups is 1. The molecule has 2 aromatic carbocycles. The Morgan fingerprint density at radius 2 is 1.37 bits per heavy atom. The molecular weight excluding hydrogens is 380 g/mol. The van der Waals surface area contributed by atoms with Crippen molar-refractivity contribution in [3.8, 4) is 11.1 Å². The maximum absolute atomic E-state index is 12.8. The molecule has 3 N–H and O–H groups in total. The highest BCUT2D eigenvalue weighted by atomic mass is 16.2. The van der Waals surface area contributed by atoms with Crippen molar-refractivity contribution in [2.45, 2.75) is 0 Å². The lowest BCUT2D eigenvalue weighted by atomic mass is 10.1. The minimum Gasteiger partial charge on any atom is -0.361 e. The van der Waals surface area contributed by atoms with Crippen LogP contribution in [0.3, 0.4) is 0 Å². The second kappa shape index (κ2) is 6.02. The van der Waals surface area contributed by atoms with Crippen LogP contribution < -0.4 is 5.56 Å². The highest BCUT2D eigenvalue weighted by Crippen LogP contribution is 2.34. The van der Waals surface area contributed by atoms with Gasteiger partial charge in [0.25, 0.3) is 5.56 Å². The van der Waals surface area contributed by atoms with Crippen molar-refractivity contribution in [1.29, 1.82) is 0 Å². The Balaban J connectivity index is 1.55. The van der Waals surface area contributed by atoms with Gasteiger partial charge in [0.15, 0.2) is 5.70 Å². The number of nitrogens with one attached hydrogen (secondary N) is 3. The molecule has 1 aliphatic heterocycles. The number of azo groups is 1. The van der Waals surface area contributed by atoms with E-state index in [1.165, 1.54) is 4.68 Å².